The van der Waals surface area contributed by atoms with Crippen LogP contribution < -0.4 is 10.6 Å². The lowest BCUT2D eigenvalue weighted by Gasteiger charge is -2.18. The van der Waals surface area contributed by atoms with E-state index in [4.69, 9.17) is 4.42 Å². The Bertz CT molecular complexity index is 542. The van der Waals surface area contributed by atoms with Crippen LogP contribution in [0.4, 0.5) is 0 Å². The van der Waals surface area contributed by atoms with Gasteiger partial charge in [0.2, 0.25) is 5.91 Å². The molecule has 0 saturated heterocycles. The number of para-hydroxylation sites is 1. The molecule has 1 atom stereocenters. The smallest absolute Gasteiger partial charge is 0.236 e. The minimum Gasteiger partial charge on any atom is -0.460 e. The molecule has 1 aromatic heterocycles. The van der Waals surface area contributed by atoms with E-state index in [9.17, 15) is 4.79 Å². The molecular weight excluding hydrogens is 252 g/mol. The number of likely N-dealkylation sites (N-methyl/N-ethyl adjacent to an activating group) is 1. The van der Waals surface area contributed by atoms with Crippen molar-refractivity contribution in [2.24, 2.45) is 5.92 Å². The molecule has 1 unspecified atom stereocenters. The first kappa shape index (κ1) is 14.6. The minimum atomic E-state index is -0.187. The molecule has 108 valence electrons. The predicted molar refractivity (Wildman–Crippen MR) is 80.4 cm³/mol. The minimum absolute atomic E-state index is 0.0230. The summed E-state index contributed by atoms with van der Waals surface area (Å²) in [5.74, 6) is 1.33. The largest absolute Gasteiger partial charge is 0.460 e. The van der Waals surface area contributed by atoms with Crippen molar-refractivity contribution < 1.29 is 9.21 Å². The van der Waals surface area contributed by atoms with E-state index in [1.54, 1.807) is 7.05 Å². The molecule has 0 spiro atoms. The van der Waals surface area contributed by atoms with Crippen molar-refractivity contribution in [1.82, 2.24) is 10.6 Å². The van der Waals surface area contributed by atoms with Crippen LogP contribution in [0.25, 0.3) is 11.0 Å². The molecule has 0 aliphatic rings. The Hall–Kier alpha value is -1.81. The van der Waals surface area contributed by atoms with E-state index in [-0.39, 0.29) is 11.9 Å². The summed E-state index contributed by atoms with van der Waals surface area (Å²) in [6.07, 6.45) is 0.805. The van der Waals surface area contributed by atoms with Crippen molar-refractivity contribution in [1.29, 1.82) is 0 Å². The van der Waals surface area contributed by atoms with Crippen molar-refractivity contribution in [3.05, 3.63) is 36.1 Å². The monoisotopic (exact) mass is 274 g/mol. The van der Waals surface area contributed by atoms with E-state index in [1.807, 2.05) is 30.3 Å². The number of fused-ring (bicyclic) bond motifs is 1. The summed E-state index contributed by atoms with van der Waals surface area (Å²) < 4.78 is 5.74. The van der Waals surface area contributed by atoms with Crippen molar-refractivity contribution in [2.75, 3.05) is 7.05 Å². The third kappa shape index (κ3) is 3.61. The Balaban J connectivity index is 2.02. The normalized spacial score (nSPS) is 12.8. The molecule has 1 amide bonds. The molecule has 0 saturated carbocycles. The van der Waals surface area contributed by atoms with Crippen molar-refractivity contribution in [2.45, 2.75) is 32.9 Å². The van der Waals surface area contributed by atoms with E-state index in [0.717, 1.165) is 23.2 Å². The van der Waals surface area contributed by atoms with Crippen molar-refractivity contribution >= 4 is 16.9 Å². The molecule has 0 aliphatic carbocycles. The zero-order chi connectivity index (χ0) is 14.5. The Morgan fingerprint density at radius 2 is 2.05 bits per heavy atom. The highest BCUT2D eigenvalue weighted by Gasteiger charge is 2.18. The number of hydrogen-bond acceptors (Lipinski definition) is 3. The Labute approximate surface area is 119 Å². The molecule has 2 rings (SSSR count). The average molecular weight is 274 g/mol. The zero-order valence-electron chi connectivity index (χ0n) is 12.3. The lowest BCUT2D eigenvalue weighted by atomic mass is 10.0. The molecule has 1 aromatic carbocycles. The highest BCUT2D eigenvalue weighted by Crippen LogP contribution is 2.18. The SMILES string of the molecule is CNC(=O)C(CC(C)C)NCc1cc2ccccc2o1. The van der Waals surface area contributed by atoms with Gasteiger partial charge in [-0.25, -0.2) is 0 Å². The van der Waals surface area contributed by atoms with Crippen LogP contribution in [-0.4, -0.2) is 19.0 Å². The maximum absolute atomic E-state index is 11.8. The fourth-order valence-corrected chi connectivity index (χ4v) is 2.28. The van der Waals surface area contributed by atoms with Gasteiger partial charge >= 0.3 is 0 Å². The predicted octanol–water partition coefficient (Wildman–Crippen LogP) is 2.68. The summed E-state index contributed by atoms with van der Waals surface area (Å²) in [4.78, 5) is 11.8. The van der Waals surface area contributed by atoms with Gasteiger partial charge in [-0.3, -0.25) is 10.1 Å². The standard InChI is InChI=1S/C16H22N2O2/c1-11(2)8-14(16(19)17-3)18-10-13-9-12-6-4-5-7-15(12)20-13/h4-7,9,11,14,18H,8,10H2,1-3H3,(H,17,19). The number of amides is 1. The van der Waals surface area contributed by atoms with Crippen LogP contribution in [-0.2, 0) is 11.3 Å². The van der Waals surface area contributed by atoms with Gasteiger partial charge in [0.1, 0.15) is 11.3 Å². The fourth-order valence-electron chi connectivity index (χ4n) is 2.28. The van der Waals surface area contributed by atoms with Crippen LogP contribution in [0.15, 0.2) is 34.7 Å². The lowest BCUT2D eigenvalue weighted by Crippen LogP contribution is -2.43. The second-order valence-electron chi connectivity index (χ2n) is 5.43. The molecule has 2 aromatic rings. The van der Waals surface area contributed by atoms with Crippen molar-refractivity contribution in [3.63, 3.8) is 0 Å². The van der Waals surface area contributed by atoms with Gasteiger partial charge in [0.25, 0.3) is 0 Å². The molecule has 20 heavy (non-hydrogen) atoms. The van der Waals surface area contributed by atoms with E-state index >= 15 is 0 Å². The number of furan rings is 1. The maximum atomic E-state index is 11.8. The molecule has 0 aliphatic heterocycles. The number of hydrogen-bond donors (Lipinski definition) is 2. The van der Waals surface area contributed by atoms with Gasteiger partial charge in [0.15, 0.2) is 0 Å². The number of benzene rings is 1. The van der Waals surface area contributed by atoms with Crippen LogP contribution in [0.1, 0.15) is 26.0 Å². The molecular formula is C16H22N2O2. The Morgan fingerprint density at radius 3 is 2.70 bits per heavy atom. The van der Waals surface area contributed by atoms with Gasteiger partial charge in [-0.1, -0.05) is 32.0 Å². The van der Waals surface area contributed by atoms with Crippen LogP contribution in [0.2, 0.25) is 0 Å². The molecule has 4 nitrogen and oxygen atoms in total. The van der Waals surface area contributed by atoms with Gasteiger partial charge < -0.3 is 9.73 Å². The molecule has 0 bridgehead atoms. The van der Waals surface area contributed by atoms with Crippen LogP contribution in [0.3, 0.4) is 0 Å². The second kappa shape index (κ2) is 6.57. The van der Waals surface area contributed by atoms with Crippen LogP contribution in [0, 0.1) is 5.92 Å². The van der Waals surface area contributed by atoms with Gasteiger partial charge in [-0.2, -0.15) is 0 Å². The average Bonchev–Trinajstić information content (AvgIpc) is 2.84. The fraction of sp³-hybridized carbons (Fsp3) is 0.438. The molecule has 0 radical (unpaired) electrons. The summed E-state index contributed by atoms with van der Waals surface area (Å²) in [7, 11) is 1.67. The first-order chi connectivity index (χ1) is 9.60. The van der Waals surface area contributed by atoms with E-state index in [1.165, 1.54) is 0 Å². The molecule has 1 heterocycles. The Morgan fingerprint density at radius 1 is 1.30 bits per heavy atom. The summed E-state index contributed by atoms with van der Waals surface area (Å²) in [6, 6.07) is 9.73. The summed E-state index contributed by atoms with van der Waals surface area (Å²) >= 11 is 0. The molecule has 0 fully saturated rings. The lowest BCUT2D eigenvalue weighted by molar-refractivity contribution is -0.123. The van der Waals surface area contributed by atoms with E-state index in [0.29, 0.717) is 12.5 Å². The van der Waals surface area contributed by atoms with Gasteiger partial charge in [-0.15, -0.1) is 0 Å². The quantitative estimate of drug-likeness (QED) is 0.851. The summed E-state index contributed by atoms with van der Waals surface area (Å²) in [5, 5.41) is 7.06. The van der Waals surface area contributed by atoms with E-state index < -0.39 is 0 Å². The van der Waals surface area contributed by atoms with Crippen LogP contribution >= 0.6 is 0 Å². The molecule has 4 heteroatoms. The molecule has 2 N–H and O–H groups in total. The maximum Gasteiger partial charge on any atom is 0.236 e. The highest BCUT2D eigenvalue weighted by molar-refractivity contribution is 5.81. The third-order valence-corrected chi connectivity index (χ3v) is 3.27. The van der Waals surface area contributed by atoms with Gasteiger partial charge in [-0.05, 0) is 24.5 Å². The van der Waals surface area contributed by atoms with Gasteiger partial charge in [0.05, 0.1) is 12.6 Å². The Kier molecular flexibility index (Phi) is 4.79. The number of carbonyl (C=O) groups excluding carboxylic acids is 1. The summed E-state index contributed by atoms with van der Waals surface area (Å²) in [5.41, 5.74) is 0.879. The highest BCUT2D eigenvalue weighted by atomic mass is 16.3. The number of nitrogens with one attached hydrogen (secondary N) is 2. The van der Waals surface area contributed by atoms with Crippen LogP contribution in [0.5, 0.6) is 0 Å². The topological polar surface area (TPSA) is 54.3 Å². The zero-order valence-corrected chi connectivity index (χ0v) is 12.3. The van der Waals surface area contributed by atoms with Crippen molar-refractivity contribution in [3.8, 4) is 0 Å². The van der Waals surface area contributed by atoms with E-state index in [2.05, 4.69) is 24.5 Å². The number of rotatable bonds is 6. The summed E-state index contributed by atoms with van der Waals surface area (Å²) in [6.45, 7) is 4.77. The van der Waals surface area contributed by atoms with Gasteiger partial charge in [0, 0.05) is 12.4 Å². The second-order valence-corrected chi connectivity index (χ2v) is 5.43. The first-order valence-electron chi connectivity index (χ1n) is 7.02. The third-order valence-electron chi connectivity index (χ3n) is 3.27. The first-order valence-corrected chi connectivity index (χ1v) is 7.02. The number of carbonyl (C=O) groups is 1.